The monoisotopic (exact) mass is 383 g/mol. The van der Waals surface area contributed by atoms with Crippen molar-refractivity contribution in [2.24, 2.45) is 0 Å². The van der Waals surface area contributed by atoms with Crippen LogP contribution in [-0.4, -0.2) is 44.2 Å². The third-order valence-corrected chi connectivity index (χ3v) is 4.62. The molecule has 0 saturated carbocycles. The van der Waals surface area contributed by atoms with E-state index in [0.29, 0.717) is 47.8 Å². The van der Waals surface area contributed by atoms with Gasteiger partial charge in [-0.2, -0.15) is 9.97 Å². The minimum absolute atomic E-state index is 0.0400. The SMILES string of the molecule is Cc1noc(C2CCCN(C(=O)c3cccc(OCc4noc(C)n4)c3)C2)n1. The molecule has 1 aliphatic rings. The van der Waals surface area contributed by atoms with Crippen molar-refractivity contribution in [1.29, 1.82) is 0 Å². The Kier molecular flexibility index (Phi) is 5.05. The van der Waals surface area contributed by atoms with Crippen LogP contribution in [-0.2, 0) is 6.61 Å². The molecule has 9 nitrogen and oxygen atoms in total. The predicted molar refractivity (Wildman–Crippen MR) is 96.7 cm³/mol. The van der Waals surface area contributed by atoms with Gasteiger partial charge in [-0.1, -0.05) is 16.4 Å². The number of rotatable bonds is 5. The van der Waals surface area contributed by atoms with E-state index < -0.39 is 0 Å². The molecule has 3 heterocycles. The van der Waals surface area contributed by atoms with Gasteiger partial charge in [0, 0.05) is 25.6 Å². The highest BCUT2D eigenvalue weighted by Crippen LogP contribution is 2.27. The Morgan fingerprint density at radius 3 is 2.89 bits per heavy atom. The second kappa shape index (κ2) is 7.79. The van der Waals surface area contributed by atoms with Gasteiger partial charge < -0.3 is 18.7 Å². The van der Waals surface area contributed by atoms with Crippen molar-refractivity contribution in [3.05, 3.63) is 53.3 Å². The fraction of sp³-hybridized carbons (Fsp3) is 0.421. The summed E-state index contributed by atoms with van der Waals surface area (Å²) >= 11 is 0. The molecule has 9 heteroatoms. The van der Waals surface area contributed by atoms with Crippen molar-refractivity contribution in [3.63, 3.8) is 0 Å². The van der Waals surface area contributed by atoms with Gasteiger partial charge in [0.2, 0.25) is 17.6 Å². The summed E-state index contributed by atoms with van der Waals surface area (Å²) in [5, 5.41) is 7.65. The summed E-state index contributed by atoms with van der Waals surface area (Å²) in [6.45, 7) is 4.96. The van der Waals surface area contributed by atoms with Crippen molar-refractivity contribution < 1.29 is 18.6 Å². The summed E-state index contributed by atoms with van der Waals surface area (Å²) in [6, 6.07) is 7.11. The second-order valence-electron chi connectivity index (χ2n) is 6.82. The van der Waals surface area contributed by atoms with Crippen LogP contribution < -0.4 is 4.74 Å². The molecule has 28 heavy (non-hydrogen) atoms. The van der Waals surface area contributed by atoms with Crippen LogP contribution in [0.4, 0.5) is 0 Å². The number of likely N-dealkylation sites (tertiary alicyclic amines) is 1. The molecule has 0 bridgehead atoms. The van der Waals surface area contributed by atoms with Crippen molar-refractivity contribution in [3.8, 4) is 5.75 Å². The zero-order valence-corrected chi connectivity index (χ0v) is 15.8. The molecule has 1 unspecified atom stereocenters. The number of aromatic nitrogens is 4. The molecule has 1 fully saturated rings. The molecule has 0 radical (unpaired) electrons. The molecule has 0 aliphatic carbocycles. The van der Waals surface area contributed by atoms with Gasteiger partial charge in [-0.15, -0.1) is 0 Å². The first kappa shape index (κ1) is 18.1. The van der Waals surface area contributed by atoms with Crippen LogP contribution in [0.15, 0.2) is 33.3 Å². The number of aryl methyl sites for hydroxylation is 2. The van der Waals surface area contributed by atoms with Crippen LogP contribution in [0.25, 0.3) is 0 Å². The summed E-state index contributed by atoms with van der Waals surface area (Å²) in [5.41, 5.74) is 0.573. The number of benzene rings is 1. The van der Waals surface area contributed by atoms with E-state index in [4.69, 9.17) is 13.8 Å². The van der Waals surface area contributed by atoms with Gasteiger partial charge in [0.05, 0.1) is 5.92 Å². The molecule has 1 aromatic carbocycles. The van der Waals surface area contributed by atoms with E-state index >= 15 is 0 Å². The Morgan fingerprint density at radius 1 is 1.25 bits per heavy atom. The number of piperidine rings is 1. The third kappa shape index (κ3) is 4.03. The van der Waals surface area contributed by atoms with Crippen molar-refractivity contribution in [2.75, 3.05) is 13.1 Å². The van der Waals surface area contributed by atoms with Gasteiger partial charge in [0.1, 0.15) is 5.75 Å². The van der Waals surface area contributed by atoms with Gasteiger partial charge in [0.25, 0.3) is 5.91 Å². The van der Waals surface area contributed by atoms with Crippen LogP contribution in [0.5, 0.6) is 5.75 Å². The normalized spacial score (nSPS) is 16.9. The Bertz CT molecular complexity index is 967. The quantitative estimate of drug-likeness (QED) is 0.662. The zero-order chi connectivity index (χ0) is 19.5. The number of ether oxygens (including phenoxy) is 1. The Hall–Kier alpha value is -3.23. The molecular formula is C19H21N5O4. The molecule has 146 valence electrons. The van der Waals surface area contributed by atoms with E-state index in [1.807, 2.05) is 4.90 Å². The van der Waals surface area contributed by atoms with Crippen LogP contribution in [0, 0.1) is 13.8 Å². The van der Waals surface area contributed by atoms with Crippen LogP contribution >= 0.6 is 0 Å². The topological polar surface area (TPSA) is 107 Å². The molecule has 1 aliphatic heterocycles. The van der Waals surface area contributed by atoms with Crippen molar-refractivity contribution in [2.45, 2.75) is 39.2 Å². The predicted octanol–water partition coefficient (Wildman–Crippen LogP) is 2.67. The van der Waals surface area contributed by atoms with E-state index in [9.17, 15) is 4.79 Å². The molecule has 4 rings (SSSR count). The summed E-state index contributed by atoms with van der Waals surface area (Å²) in [5.74, 6) is 2.76. The lowest BCUT2D eigenvalue weighted by Crippen LogP contribution is -2.39. The lowest BCUT2D eigenvalue weighted by Gasteiger charge is -2.31. The van der Waals surface area contributed by atoms with Gasteiger partial charge in [-0.05, 0) is 38.0 Å². The number of carbonyl (C=O) groups is 1. The number of amides is 1. The van der Waals surface area contributed by atoms with E-state index in [-0.39, 0.29) is 18.4 Å². The van der Waals surface area contributed by atoms with E-state index in [1.54, 1.807) is 38.1 Å². The average Bonchev–Trinajstić information content (AvgIpc) is 3.34. The maximum absolute atomic E-state index is 13.0. The number of hydrogen-bond acceptors (Lipinski definition) is 8. The highest BCUT2D eigenvalue weighted by Gasteiger charge is 2.29. The van der Waals surface area contributed by atoms with Gasteiger partial charge >= 0.3 is 0 Å². The van der Waals surface area contributed by atoms with Crippen LogP contribution in [0.3, 0.4) is 0 Å². The first-order chi connectivity index (χ1) is 13.6. The van der Waals surface area contributed by atoms with Crippen molar-refractivity contribution >= 4 is 5.91 Å². The molecule has 0 spiro atoms. The fourth-order valence-electron chi connectivity index (χ4n) is 3.29. The maximum atomic E-state index is 13.0. The van der Waals surface area contributed by atoms with E-state index in [2.05, 4.69) is 20.3 Å². The van der Waals surface area contributed by atoms with Gasteiger partial charge in [-0.3, -0.25) is 4.79 Å². The molecule has 0 N–H and O–H groups in total. The van der Waals surface area contributed by atoms with Gasteiger partial charge in [-0.25, -0.2) is 0 Å². The summed E-state index contributed by atoms with van der Waals surface area (Å²) < 4.78 is 15.9. The summed E-state index contributed by atoms with van der Waals surface area (Å²) in [7, 11) is 0. The highest BCUT2D eigenvalue weighted by atomic mass is 16.5. The zero-order valence-electron chi connectivity index (χ0n) is 15.8. The molecule has 2 aromatic heterocycles. The second-order valence-corrected chi connectivity index (χ2v) is 6.82. The average molecular weight is 383 g/mol. The standard InChI is InChI=1S/C19H21N5O4/c1-12-20-18(28-22-12)15-6-4-8-24(10-15)19(25)14-5-3-7-16(9-14)26-11-17-21-13(2)27-23-17/h3,5,7,9,15H,4,6,8,10-11H2,1-2H3. The molecule has 3 aromatic rings. The Morgan fingerprint density at radius 2 is 2.14 bits per heavy atom. The summed E-state index contributed by atoms with van der Waals surface area (Å²) in [6.07, 6.45) is 1.82. The first-order valence-electron chi connectivity index (χ1n) is 9.20. The summed E-state index contributed by atoms with van der Waals surface area (Å²) in [4.78, 5) is 23.2. The lowest BCUT2D eigenvalue weighted by molar-refractivity contribution is 0.0695. The molecule has 1 amide bonds. The number of hydrogen-bond donors (Lipinski definition) is 0. The minimum atomic E-state index is -0.0400. The molecular weight excluding hydrogens is 362 g/mol. The fourth-order valence-corrected chi connectivity index (χ4v) is 3.29. The van der Waals surface area contributed by atoms with E-state index in [0.717, 1.165) is 12.8 Å². The lowest BCUT2D eigenvalue weighted by atomic mass is 9.97. The highest BCUT2D eigenvalue weighted by molar-refractivity contribution is 5.94. The minimum Gasteiger partial charge on any atom is -0.485 e. The van der Waals surface area contributed by atoms with E-state index in [1.165, 1.54) is 0 Å². The third-order valence-electron chi connectivity index (χ3n) is 4.62. The first-order valence-corrected chi connectivity index (χ1v) is 9.20. The Labute approximate surface area is 161 Å². The number of nitrogens with zero attached hydrogens (tertiary/aromatic N) is 5. The number of carbonyl (C=O) groups excluding carboxylic acids is 1. The smallest absolute Gasteiger partial charge is 0.254 e. The molecule has 1 saturated heterocycles. The van der Waals surface area contributed by atoms with Crippen LogP contribution in [0.1, 0.15) is 52.5 Å². The largest absolute Gasteiger partial charge is 0.485 e. The molecule has 1 atom stereocenters. The Balaban J connectivity index is 1.42. The van der Waals surface area contributed by atoms with Crippen molar-refractivity contribution in [1.82, 2.24) is 25.2 Å². The van der Waals surface area contributed by atoms with Crippen LogP contribution in [0.2, 0.25) is 0 Å². The van der Waals surface area contributed by atoms with Gasteiger partial charge in [0.15, 0.2) is 12.4 Å². The maximum Gasteiger partial charge on any atom is 0.254 e.